The van der Waals surface area contributed by atoms with Crippen molar-refractivity contribution in [3.05, 3.63) is 35.4 Å². The second-order valence-electron chi connectivity index (χ2n) is 3.85. The van der Waals surface area contributed by atoms with E-state index in [-0.39, 0.29) is 24.1 Å². The molecule has 1 atom stereocenters. The first-order valence-electron chi connectivity index (χ1n) is 5.34. The molecular weight excluding hydrogens is 230 g/mol. The van der Waals surface area contributed by atoms with Crippen LogP contribution in [0, 0.1) is 11.6 Å². The van der Waals surface area contributed by atoms with E-state index in [9.17, 15) is 13.6 Å². The van der Waals surface area contributed by atoms with Crippen molar-refractivity contribution in [3.8, 4) is 0 Å². The Morgan fingerprint density at radius 2 is 2.24 bits per heavy atom. The molecule has 3 nitrogen and oxygen atoms in total. The van der Waals surface area contributed by atoms with Crippen molar-refractivity contribution in [3.63, 3.8) is 0 Å². The Labute approximate surface area is 97.3 Å². The molecule has 92 valence electrons. The standard InChI is InChI=1S/C12H12F2O3/c13-10-2-1-8(5-11(10)14)12(15)7-17-9-3-4-16-6-9/h1-2,5,9H,3-4,6-7H2. The molecule has 0 bridgehead atoms. The number of halogens is 2. The van der Waals surface area contributed by atoms with Crippen LogP contribution in [-0.4, -0.2) is 31.7 Å². The molecule has 0 saturated carbocycles. The van der Waals surface area contributed by atoms with Gasteiger partial charge >= 0.3 is 0 Å². The topological polar surface area (TPSA) is 35.5 Å². The monoisotopic (exact) mass is 242 g/mol. The summed E-state index contributed by atoms with van der Waals surface area (Å²) < 4.78 is 35.9. The molecule has 1 heterocycles. The lowest BCUT2D eigenvalue weighted by molar-refractivity contribution is 0.0390. The summed E-state index contributed by atoms with van der Waals surface area (Å²) in [4.78, 5) is 11.6. The fourth-order valence-electron chi connectivity index (χ4n) is 1.59. The number of Topliss-reactive ketones (excluding diaryl/α,β-unsaturated/α-hetero) is 1. The van der Waals surface area contributed by atoms with E-state index in [4.69, 9.17) is 9.47 Å². The Balaban J connectivity index is 1.92. The zero-order valence-electron chi connectivity index (χ0n) is 9.12. The van der Waals surface area contributed by atoms with Gasteiger partial charge < -0.3 is 9.47 Å². The number of carbonyl (C=O) groups excluding carboxylic acids is 1. The van der Waals surface area contributed by atoms with E-state index < -0.39 is 11.6 Å². The van der Waals surface area contributed by atoms with Crippen molar-refractivity contribution in [2.24, 2.45) is 0 Å². The summed E-state index contributed by atoms with van der Waals surface area (Å²) >= 11 is 0. The quantitative estimate of drug-likeness (QED) is 0.757. The van der Waals surface area contributed by atoms with Gasteiger partial charge in [-0.05, 0) is 24.6 Å². The minimum Gasteiger partial charge on any atom is -0.379 e. The van der Waals surface area contributed by atoms with E-state index in [1.54, 1.807) is 0 Å². The number of benzene rings is 1. The van der Waals surface area contributed by atoms with Crippen LogP contribution in [0.3, 0.4) is 0 Å². The Hall–Kier alpha value is -1.33. The summed E-state index contributed by atoms with van der Waals surface area (Å²) in [6, 6.07) is 3.06. The van der Waals surface area contributed by atoms with Crippen molar-refractivity contribution in [2.45, 2.75) is 12.5 Å². The van der Waals surface area contributed by atoms with Gasteiger partial charge in [-0.1, -0.05) is 0 Å². The summed E-state index contributed by atoms with van der Waals surface area (Å²) in [6.45, 7) is 0.966. The Kier molecular flexibility index (Phi) is 3.81. The molecule has 0 spiro atoms. The van der Waals surface area contributed by atoms with Crippen LogP contribution in [0.1, 0.15) is 16.8 Å². The molecule has 17 heavy (non-hydrogen) atoms. The zero-order valence-corrected chi connectivity index (χ0v) is 9.12. The third-order valence-corrected chi connectivity index (χ3v) is 2.58. The van der Waals surface area contributed by atoms with Gasteiger partial charge in [0.1, 0.15) is 6.61 Å². The fourth-order valence-corrected chi connectivity index (χ4v) is 1.59. The second kappa shape index (κ2) is 5.33. The highest BCUT2D eigenvalue weighted by molar-refractivity contribution is 5.97. The lowest BCUT2D eigenvalue weighted by Gasteiger charge is -2.08. The zero-order chi connectivity index (χ0) is 12.3. The summed E-state index contributed by atoms with van der Waals surface area (Å²) in [5, 5.41) is 0. The van der Waals surface area contributed by atoms with Gasteiger partial charge in [0.25, 0.3) is 0 Å². The number of hydrogen-bond donors (Lipinski definition) is 0. The lowest BCUT2D eigenvalue weighted by Crippen LogP contribution is -2.18. The van der Waals surface area contributed by atoms with Gasteiger partial charge in [0, 0.05) is 12.2 Å². The average Bonchev–Trinajstić information content (AvgIpc) is 2.82. The minimum absolute atomic E-state index is 0.0794. The van der Waals surface area contributed by atoms with Gasteiger partial charge in [-0.25, -0.2) is 8.78 Å². The molecule has 1 aliphatic rings. The molecule has 5 heteroatoms. The molecule has 2 rings (SSSR count). The van der Waals surface area contributed by atoms with Crippen LogP contribution in [0.25, 0.3) is 0 Å². The predicted molar refractivity (Wildman–Crippen MR) is 55.9 cm³/mol. The Bertz CT molecular complexity index is 414. The molecule has 0 amide bonds. The predicted octanol–water partition coefficient (Wildman–Crippen LogP) is 1.95. The van der Waals surface area contributed by atoms with E-state index in [1.807, 2.05) is 0 Å². The van der Waals surface area contributed by atoms with E-state index in [1.165, 1.54) is 6.07 Å². The van der Waals surface area contributed by atoms with Crippen LogP contribution in [-0.2, 0) is 9.47 Å². The van der Waals surface area contributed by atoms with Crippen LogP contribution in [0.5, 0.6) is 0 Å². The maximum Gasteiger partial charge on any atom is 0.188 e. The van der Waals surface area contributed by atoms with Crippen molar-refractivity contribution in [1.82, 2.24) is 0 Å². The van der Waals surface area contributed by atoms with Crippen molar-refractivity contribution >= 4 is 5.78 Å². The maximum absolute atomic E-state index is 12.9. The molecule has 1 unspecified atom stereocenters. The number of ketones is 1. The van der Waals surface area contributed by atoms with E-state index in [2.05, 4.69) is 0 Å². The molecule has 1 aromatic carbocycles. The highest BCUT2D eigenvalue weighted by Gasteiger charge is 2.18. The van der Waals surface area contributed by atoms with Crippen LogP contribution in [0.4, 0.5) is 8.78 Å². The molecule has 0 radical (unpaired) electrons. The summed E-state index contributed by atoms with van der Waals surface area (Å²) in [7, 11) is 0. The molecule has 0 aromatic heterocycles. The highest BCUT2D eigenvalue weighted by Crippen LogP contribution is 2.12. The normalized spacial score (nSPS) is 19.5. The number of rotatable bonds is 4. The first-order chi connectivity index (χ1) is 8.16. The largest absolute Gasteiger partial charge is 0.379 e. The minimum atomic E-state index is -1.03. The third-order valence-electron chi connectivity index (χ3n) is 2.58. The van der Waals surface area contributed by atoms with Crippen molar-refractivity contribution in [2.75, 3.05) is 19.8 Å². The lowest BCUT2D eigenvalue weighted by atomic mass is 10.1. The van der Waals surface area contributed by atoms with E-state index in [0.717, 1.165) is 18.6 Å². The summed E-state index contributed by atoms with van der Waals surface area (Å²) in [5.41, 5.74) is 0.114. The molecule has 1 saturated heterocycles. The van der Waals surface area contributed by atoms with E-state index in [0.29, 0.717) is 13.2 Å². The average molecular weight is 242 g/mol. The Morgan fingerprint density at radius 3 is 2.88 bits per heavy atom. The third kappa shape index (κ3) is 3.08. The fraction of sp³-hybridized carbons (Fsp3) is 0.417. The van der Waals surface area contributed by atoms with Gasteiger partial charge in [0.15, 0.2) is 17.4 Å². The van der Waals surface area contributed by atoms with Gasteiger partial charge in [0.05, 0.1) is 12.7 Å². The molecule has 1 fully saturated rings. The van der Waals surface area contributed by atoms with Crippen LogP contribution >= 0.6 is 0 Å². The molecule has 0 aliphatic carbocycles. The SMILES string of the molecule is O=C(COC1CCOC1)c1ccc(F)c(F)c1. The van der Waals surface area contributed by atoms with Crippen LogP contribution < -0.4 is 0 Å². The highest BCUT2D eigenvalue weighted by atomic mass is 19.2. The maximum atomic E-state index is 12.9. The molecular formula is C12H12F2O3. The molecule has 1 aliphatic heterocycles. The summed E-state index contributed by atoms with van der Waals surface area (Å²) in [6.07, 6.45) is 0.676. The van der Waals surface area contributed by atoms with Crippen LogP contribution in [0.2, 0.25) is 0 Å². The van der Waals surface area contributed by atoms with Gasteiger partial charge in [-0.2, -0.15) is 0 Å². The number of ether oxygens (including phenoxy) is 2. The van der Waals surface area contributed by atoms with E-state index >= 15 is 0 Å². The van der Waals surface area contributed by atoms with Gasteiger partial charge in [0.2, 0.25) is 0 Å². The summed E-state index contributed by atoms with van der Waals surface area (Å²) in [5.74, 6) is -2.36. The first-order valence-corrected chi connectivity index (χ1v) is 5.34. The van der Waals surface area contributed by atoms with Crippen LogP contribution in [0.15, 0.2) is 18.2 Å². The number of hydrogen-bond acceptors (Lipinski definition) is 3. The molecule has 0 N–H and O–H groups in total. The second-order valence-corrected chi connectivity index (χ2v) is 3.85. The molecule has 1 aromatic rings. The Morgan fingerprint density at radius 1 is 1.41 bits per heavy atom. The smallest absolute Gasteiger partial charge is 0.188 e. The van der Waals surface area contributed by atoms with Gasteiger partial charge in [-0.3, -0.25) is 4.79 Å². The van der Waals surface area contributed by atoms with Gasteiger partial charge in [-0.15, -0.1) is 0 Å². The number of carbonyl (C=O) groups is 1. The first kappa shape index (κ1) is 12.1. The van der Waals surface area contributed by atoms with Crippen molar-refractivity contribution < 1.29 is 23.0 Å². The van der Waals surface area contributed by atoms with Crippen molar-refractivity contribution in [1.29, 1.82) is 0 Å².